The third-order valence-electron chi connectivity index (χ3n) is 6.31. The molecule has 2 fully saturated rings. The standard InChI is InChI=1S/C24H31ClN2O3/c1-17(2)23(28)26-15-18-9-10-24(30-18)11-13-27(14-12-24)16-19-7-8-22(29-19)20-5-3-4-6-21(20)25/h3-8,17-18H,9-16H2,1-2H3,(H,26,28). The van der Waals surface area contributed by atoms with Crippen LogP contribution in [0.1, 0.15) is 45.3 Å². The van der Waals surface area contributed by atoms with Crippen molar-refractivity contribution in [3.63, 3.8) is 0 Å². The Bertz CT molecular complexity index is 871. The fraction of sp³-hybridized carbons (Fsp3) is 0.542. The summed E-state index contributed by atoms with van der Waals surface area (Å²) >= 11 is 6.29. The van der Waals surface area contributed by atoms with Crippen molar-refractivity contribution in [1.29, 1.82) is 0 Å². The second kappa shape index (κ2) is 9.13. The highest BCUT2D eigenvalue weighted by Crippen LogP contribution is 2.39. The molecule has 0 radical (unpaired) electrons. The summed E-state index contributed by atoms with van der Waals surface area (Å²) in [5.41, 5.74) is 0.910. The van der Waals surface area contributed by atoms with Gasteiger partial charge in [0.15, 0.2) is 0 Å². The van der Waals surface area contributed by atoms with Crippen LogP contribution in [0.3, 0.4) is 0 Å². The predicted molar refractivity (Wildman–Crippen MR) is 118 cm³/mol. The summed E-state index contributed by atoms with van der Waals surface area (Å²) in [6.07, 6.45) is 4.31. The first kappa shape index (κ1) is 21.4. The molecule has 1 spiro atoms. The molecule has 162 valence electrons. The number of benzene rings is 1. The van der Waals surface area contributed by atoms with Crippen LogP contribution in [-0.4, -0.2) is 42.1 Å². The number of nitrogens with one attached hydrogen (secondary N) is 1. The van der Waals surface area contributed by atoms with Crippen LogP contribution in [-0.2, 0) is 16.1 Å². The van der Waals surface area contributed by atoms with Crippen molar-refractivity contribution >= 4 is 17.5 Å². The number of carbonyl (C=O) groups excluding carboxylic acids is 1. The Morgan fingerprint density at radius 3 is 2.70 bits per heavy atom. The van der Waals surface area contributed by atoms with Crippen LogP contribution in [0.4, 0.5) is 0 Å². The minimum Gasteiger partial charge on any atom is -0.460 e. The quantitative estimate of drug-likeness (QED) is 0.709. The largest absolute Gasteiger partial charge is 0.460 e. The van der Waals surface area contributed by atoms with Crippen molar-refractivity contribution in [1.82, 2.24) is 10.2 Å². The van der Waals surface area contributed by atoms with Gasteiger partial charge in [0.25, 0.3) is 0 Å². The highest BCUT2D eigenvalue weighted by Gasteiger charge is 2.42. The van der Waals surface area contributed by atoms with E-state index in [1.807, 2.05) is 50.2 Å². The van der Waals surface area contributed by atoms with Crippen LogP contribution < -0.4 is 5.32 Å². The molecule has 1 unspecified atom stereocenters. The van der Waals surface area contributed by atoms with Gasteiger partial charge in [-0.05, 0) is 49.9 Å². The normalized spacial score (nSPS) is 21.4. The highest BCUT2D eigenvalue weighted by atomic mass is 35.5. The lowest BCUT2D eigenvalue weighted by Crippen LogP contribution is -2.45. The first-order valence-electron chi connectivity index (χ1n) is 11.0. The lowest BCUT2D eigenvalue weighted by atomic mass is 9.88. The summed E-state index contributed by atoms with van der Waals surface area (Å²) in [5.74, 6) is 1.89. The maximum atomic E-state index is 11.8. The van der Waals surface area contributed by atoms with Gasteiger partial charge in [-0.2, -0.15) is 0 Å². The molecule has 30 heavy (non-hydrogen) atoms. The van der Waals surface area contributed by atoms with Crippen LogP contribution in [0.5, 0.6) is 0 Å². The molecule has 2 aliphatic rings. The Hall–Kier alpha value is -1.82. The molecule has 1 atom stereocenters. The van der Waals surface area contributed by atoms with Crippen molar-refractivity contribution in [3.05, 3.63) is 47.2 Å². The number of hydrogen-bond acceptors (Lipinski definition) is 4. The number of ether oxygens (including phenoxy) is 1. The van der Waals surface area contributed by atoms with E-state index in [9.17, 15) is 4.79 Å². The van der Waals surface area contributed by atoms with Crippen molar-refractivity contribution in [2.24, 2.45) is 5.92 Å². The summed E-state index contributed by atoms with van der Waals surface area (Å²) in [6.45, 7) is 7.24. The molecule has 0 saturated carbocycles. The van der Waals surface area contributed by atoms with E-state index in [2.05, 4.69) is 10.2 Å². The van der Waals surface area contributed by atoms with Crippen LogP contribution in [0, 0.1) is 5.92 Å². The molecule has 4 rings (SSSR count). The molecule has 5 nitrogen and oxygen atoms in total. The number of furan rings is 1. The molecule has 1 amide bonds. The minimum absolute atomic E-state index is 0.0173. The van der Waals surface area contributed by atoms with Gasteiger partial charge in [0.2, 0.25) is 5.91 Å². The number of hydrogen-bond donors (Lipinski definition) is 1. The van der Waals surface area contributed by atoms with E-state index >= 15 is 0 Å². The molecule has 6 heteroatoms. The molecule has 0 aliphatic carbocycles. The van der Waals surface area contributed by atoms with Crippen LogP contribution >= 0.6 is 11.6 Å². The van der Waals surface area contributed by atoms with Crippen molar-refractivity contribution in [2.45, 2.75) is 57.8 Å². The van der Waals surface area contributed by atoms with Gasteiger partial charge in [0.05, 0.1) is 23.3 Å². The summed E-state index contributed by atoms with van der Waals surface area (Å²) in [4.78, 5) is 14.2. The maximum absolute atomic E-state index is 11.8. The first-order valence-corrected chi connectivity index (χ1v) is 11.3. The van der Waals surface area contributed by atoms with Crippen LogP contribution in [0.2, 0.25) is 5.02 Å². The van der Waals surface area contributed by atoms with E-state index in [4.69, 9.17) is 20.8 Å². The van der Waals surface area contributed by atoms with Gasteiger partial charge in [0, 0.05) is 31.1 Å². The Kier molecular flexibility index (Phi) is 6.51. The van der Waals surface area contributed by atoms with Crippen molar-refractivity contribution in [3.8, 4) is 11.3 Å². The minimum atomic E-state index is -0.0182. The number of likely N-dealkylation sites (tertiary alicyclic amines) is 1. The third kappa shape index (κ3) is 4.90. The van der Waals surface area contributed by atoms with E-state index in [0.717, 1.165) is 62.4 Å². The SMILES string of the molecule is CC(C)C(=O)NCC1CCC2(CCN(Cc3ccc(-c4ccccc4Cl)o3)CC2)O1. The monoisotopic (exact) mass is 430 g/mol. The zero-order valence-corrected chi connectivity index (χ0v) is 18.6. The molecule has 2 aliphatic heterocycles. The number of halogens is 1. The fourth-order valence-electron chi connectivity index (χ4n) is 4.43. The zero-order valence-electron chi connectivity index (χ0n) is 17.8. The van der Waals surface area contributed by atoms with Crippen molar-refractivity contribution < 1.29 is 13.9 Å². The number of piperidine rings is 1. The maximum Gasteiger partial charge on any atom is 0.222 e. The van der Waals surface area contributed by atoms with Gasteiger partial charge in [-0.15, -0.1) is 0 Å². The number of rotatable bonds is 6. The molecule has 3 heterocycles. The van der Waals surface area contributed by atoms with Gasteiger partial charge >= 0.3 is 0 Å². The first-order chi connectivity index (χ1) is 14.4. The van der Waals surface area contributed by atoms with E-state index in [-0.39, 0.29) is 23.5 Å². The topological polar surface area (TPSA) is 54.7 Å². The zero-order chi connectivity index (χ0) is 21.1. The summed E-state index contributed by atoms with van der Waals surface area (Å²) in [7, 11) is 0. The highest BCUT2D eigenvalue weighted by molar-refractivity contribution is 6.33. The lowest BCUT2D eigenvalue weighted by Gasteiger charge is -2.39. The van der Waals surface area contributed by atoms with E-state index in [1.54, 1.807) is 0 Å². The molecular formula is C24H31ClN2O3. The molecule has 1 aromatic carbocycles. The molecule has 2 saturated heterocycles. The lowest BCUT2D eigenvalue weighted by molar-refractivity contribution is -0.125. The van der Waals surface area contributed by atoms with E-state index < -0.39 is 0 Å². The molecule has 0 bridgehead atoms. The summed E-state index contributed by atoms with van der Waals surface area (Å²) < 4.78 is 12.5. The predicted octanol–water partition coefficient (Wildman–Crippen LogP) is 4.89. The Labute approximate surface area is 183 Å². The molecule has 1 N–H and O–H groups in total. The van der Waals surface area contributed by atoms with Gasteiger partial charge in [-0.25, -0.2) is 0 Å². The molecule has 1 aromatic heterocycles. The second-order valence-corrected chi connectivity index (χ2v) is 9.29. The smallest absolute Gasteiger partial charge is 0.222 e. The Morgan fingerprint density at radius 1 is 1.20 bits per heavy atom. The average molecular weight is 431 g/mol. The second-order valence-electron chi connectivity index (χ2n) is 8.88. The van der Waals surface area contributed by atoms with Crippen LogP contribution in [0.15, 0.2) is 40.8 Å². The van der Waals surface area contributed by atoms with Gasteiger partial charge < -0.3 is 14.5 Å². The van der Waals surface area contributed by atoms with Crippen LogP contribution in [0.25, 0.3) is 11.3 Å². The summed E-state index contributed by atoms with van der Waals surface area (Å²) in [6, 6.07) is 11.8. The van der Waals surface area contributed by atoms with Gasteiger partial charge in [0.1, 0.15) is 11.5 Å². The number of carbonyl (C=O) groups is 1. The molecule has 2 aromatic rings. The fourth-order valence-corrected chi connectivity index (χ4v) is 4.66. The van der Waals surface area contributed by atoms with Crippen molar-refractivity contribution in [2.75, 3.05) is 19.6 Å². The van der Waals surface area contributed by atoms with E-state index in [1.165, 1.54) is 0 Å². The third-order valence-corrected chi connectivity index (χ3v) is 6.64. The number of amides is 1. The summed E-state index contributed by atoms with van der Waals surface area (Å²) in [5, 5.41) is 3.72. The number of nitrogens with zero attached hydrogens (tertiary/aromatic N) is 1. The van der Waals surface area contributed by atoms with Gasteiger partial charge in [-0.3, -0.25) is 9.69 Å². The Morgan fingerprint density at radius 2 is 1.97 bits per heavy atom. The Balaban J connectivity index is 1.27. The van der Waals surface area contributed by atoms with E-state index in [0.29, 0.717) is 11.6 Å². The average Bonchev–Trinajstić information content (AvgIpc) is 3.36. The molecular weight excluding hydrogens is 400 g/mol. The van der Waals surface area contributed by atoms with Gasteiger partial charge in [-0.1, -0.05) is 37.6 Å².